The van der Waals surface area contributed by atoms with Crippen LogP contribution in [0.1, 0.15) is 72.5 Å². The van der Waals surface area contributed by atoms with E-state index in [4.69, 9.17) is 0 Å². The molecule has 0 unspecified atom stereocenters. The number of H-pyrrole nitrogens is 1. The number of hydrogen-bond donors (Lipinski definition) is 1. The molecule has 6 heteroatoms. The molecule has 0 spiro atoms. The highest BCUT2D eigenvalue weighted by atomic mass is 16.2. The molecule has 0 bridgehead atoms. The van der Waals surface area contributed by atoms with Crippen molar-refractivity contribution in [3.8, 4) is 0 Å². The van der Waals surface area contributed by atoms with Crippen molar-refractivity contribution in [2.75, 3.05) is 20.1 Å². The van der Waals surface area contributed by atoms with E-state index in [1.54, 1.807) is 6.20 Å². The Morgan fingerprint density at radius 2 is 1.97 bits per heavy atom. The van der Waals surface area contributed by atoms with Crippen molar-refractivity contribution in [2.24, 2.45) is 0 Å². The molecule has 1 saturated heterocycles. The Morgan fingerprint density at radius 3 is 2.84 bits per heavy atom. The zero-order valence-electron chi connectivity index (χ0n) is 19.0. The average Bonchev–Trinajstić information content (AvgIpc) is 3.34. The maximum atomic E-state index is 13.3. The third kappa shape index (κ3) is 4.29. The van der Waals surface area contributed by atoms with E-state index in [-0.39, 0.29) is 5.91 Å². The Morgan fingerprint density at radius 1 is 1.12 bits per heavy atom. The van der Waals surface area contributed by atoms with Gasteiger partial charge in [0.05, 0.1) is 23.0 Å². The smallest absolute Gasteiger partial charge is 0.257 e. The molecule has 1 saturated carbocycles. The van der Waals surface area contributed by atoms with Gasteiger partial charge >= 0.3 is 0 Å². The Balaban J connectivity index is 1.31. The van der Waals surface area contributed by atoms with Gasteiger partial charge in [0.1, 0.15) is 0 Å². The lowest BCUT2D eigenvalue weighted by atomic mass is 9.91. The molecule has 1 aliphatic carbocycles. The zero-order chi connectivity index (χ0) is 21.9. The van der Waals surface area contributed by atoms with Gasteiger partial charge in [0, 0.05) is 43.7 Å². The predicted octanol–water partition coefficient (Wildman–Crippen LogP) is 4.74. The number of nitrogens with one attached hydrogen (secondary N) is 1. The number of carbonyl (C=O) groups excluding carboxylic acids is 1. The van der Waals surface area contributed by atoms with Gasteiger partial charge in [-0.2, -0.15) is 5.10 Å². The highest BCUT2D eigenvalue weighted by molar-refractivity contribution is 5.95. The summed E-state index contributed by atoms with van der Waals surface area (Å²) < 4.78 is 0. The normalized spacial score (nSPS) is 20.5. The molecule has 1 atom stereocenters. The third-order valence-corrected chi connectivity index (χ3v) is 7.39. The Hall–Kier alpha value is -2.73. The number of fused-ring (bicyclic) bond motifs is 1. The number of pyridine rings is 1. The minimum absolute atomic E-state index is 0.123. The fourth-order valence-corrected chi connectivity index (χ4v) is 5.57. The summed E-state index contributed by atoms with van der Waals surface area (Å²) in [7, 11) is 1.97. The Bertz CT molecular complexity index is 1070. The first-order valence-corrected chi connectivity index (χ1v) is 12.1. The number of hydrogen-bond acceptors (Lipinski definition) is 4. The molecule has 32 heavy (non-hydrogen) atoms. The highest BCUT2D eigenvalue weighted by Gasteiger charge is 2.30. The quantitative estimate of drug-likeness (QED) is 0.634. The second-order valence-corrected chi connectivity index (χ2v) is 9.47. The zero-order valence-corrected chi connectivity index (χ0v) is 19.0. The van der Waals surface area contributed by atoms with Crippen LogP contribution in [0.5, 0.6) is 0 Å². The largest absolute Gasteiger partial charge is 0.339 e. The summed E-state index contributed by atoms with van der Waals surface area (Å²) in [6, 6.07) is 10.8. The summed E-state index contributed by atoms with van der Waals surface area (Å²) in [5, 5.41) is 8.72. The van der Waals surface area contributed by atoms with Gasteiger partial charge < -0.3 is 4.90 Å². The van der Waals surface area contributed by atoms with Crippen LogP contribution in [0, 0.1) is 0 Å². The van der Waals surface area contributed by atoms with Gasteiger partial charge in [-0.3, -0.25) is 19.8 Å². The van der Waals surface area contributed by atoms with Crippen LogP contribution in [0.4, 0.5) is 0 Å². The summed E-state index contributed by atoms with van der Waals surface area (Å²) in [6.07, 6.45) is 11.8. The van der Waals surface area contributed by atoms with Crippen molar-refractivity contribution in [3.63, 3.8) is 0 Å². The van der Waals surface area contributed by atoms with Gasteiger partial charge in [-0.15, -0.1) is 0 Å². The van der Waals surface area contributed by atoms with Crippen LogP contribution in [0.3, 0.4) is 0 Å². The number of amides is 1. The van der Waals surface area contributed by atoms with Gasteiger partial charge in [0.25, 0.3) is 5.91 Å². The van der Waals surface area contributed by atoms with E-state index in [2.05, 4.69) is 44.3 Å². The summed E-state index contributed by atoms with van der Waals surface area (Å²) in [5.41, 5.74) is 4.14. The third-order valence-electron chi connectivity index (χ3n) is 7.39. The number of aromatic amines is 1. The van der Waals surface area contributed by atoms with Crippen LogP contribution >= 0.6 is 0 Å². The molecule has 2 aliphatic rings. The van der Waals surface area contributed by atoms with E-state index in [9.17, 15) is 4.79 Å². The van der Waals surface area contributed by atoms with Crippen LogP contribution in [0.15, 0.2) is 42.7 Å². The molecular formula is C26H33N5O. The first kappa shape index (κ1) is 21.1. The molecular weight excluding hydrogens is 398 g/mol. The fourth-order valence-electron chi connectivity index (χ4n) is 5.57. The van der Waals surface area contributed by atoms with Gasteiger partial charge in [-0.25, -0.2) is 0 Å². The second kappa shape index (κ2) is 9.41. The maximum absolute atomic E-state index is 13.3. The van der Waals surface area contributed by atoms with Crippen LogP contribution in [-0.4, -0.2) is 57.1 Å². The molecule has 1 aliphatic heterocycles. The summed E-state index contributed by atoms with van der Waals surface area (Å²) >= 11 is 0. The Kier molecular flexibility index (Phi) is 6.21. The van der Waals surface area contributed by atoms with Gasteiger partial charge in [-0.1, -0.05) is 37.5 Å². The first-order valence-electron chi connectivity index (χ1n) is 12.1. The van der Waals surface area contributed by atoms with Crippen molar-refractivity contribution >= 4 is 16.8 Å². The summed E-state index contributed by atoms with van der Waals surface area (Å²) in [5.74, 6) is 0.427. The molecule has 1 aromatic carbocycles. The van der Waals surface area contributed by atoms with E-state index in [1.165, 1.54) is 30.2 Å². The topological polar surface area (TPSA) is 65.1 Å². The van der Waals surface area contributed by atoms with Crippen molar-refractivity contribution < 1.29 is 4.79 Å². The maximum Gasteiger partial charge on any atom is 0.257 e. The van der Waals surface area contributed by atoms with Crippen LogP contribution < -0.4 is 0 Å². The van der Waals surface area contributed by atoms with Crippen molar-refractivity contribution in [3.05, 3.63) is 59.5 Å². The van der Waals surface area contributed by atoms with Gasteiger partial charge in [-0.05, 0) is 49.9 Å². The molecule has 3 aromatic rings. The number of benzene rings is 1. The molecule has 3 heterocycles. The molecule has 2 fully saturated rings. The number of nitrogens with zero attached hydrogens (tertiary/aromatic N) is 4. The number of para-hydroxylation sites is 1. The lowest BCUT2D eigenvalue weighted by Crippen LogP contribution is -2.39. The SMILES string of the molecule is CN(C(=O)c1cn[nH]c1[C@H]1CCCN(Cc2ccnc3ccccc23)C1)C1CCCCC1. The molecule has 0 radical (unpaired) electrons. The standard InChI is InChI=1S/C26H33N5O/c1-30(21-9-3-2-4-10-21)26(32)23-16-28-29-25(23)20-8-7-15-31(18-20)17-19-13-14-27-24-12-6-5-11-22(19)24/h5-6,11-14,16,20-21H,2-4,7-10,15,17-18H2,1H3,(H,28,29)/t20-/m0/s1. The van der Waals surface area contributed by atoms with Crippen LogP contribution in [0.2, 0.25) is 0 Å². The summed E-state index contributed by atoms with van der Waals surface area (Å²) in [6.45, 7) is 2.91. The predicted molar refractivity (Wildman–Crippen MR) is 127 cm³/mol. The van der Waals surface area contributed by atoms with Crippen molar-refractivity contribution in [1.29, 1.82) is 0 Å². The molecule has 6 nitrogen and oxygen atoms in total. The molecule has 2 aromatic heterocycles. The summed E-state index contributed by atoms with van der Waals surface area (Å²) in [4.78, 5) is 22.3. The minimum atomic E-state index is 0.123. The lowest BCUT2D eigenvalue weighted by molar-refractivity contribution is 0.0693. The van der Waals surface area contributed by atoms with E-state index in [0.29, 0.717) is 12.0 Å². The number of carbonyl (C=O) groups is 1. The highest BCUT2D eigenvalue weighted by Crippen LogP contribution is 2.31. The van der Waals surface area contributed by atoms with Crippen LogP contribution in [0.25, 0.3) is 10.9 Å². The van der Waals surface area contributed by atoms with E-state index in [1.807, 2.05) is 24.2 Å². The van der Waals surface area contributed by atoms with E-state index < -0.39 is 0 Å². The first-order chi connectivity index (χ1) is 15.7. The number of aromatic nitrogens is 3. The number of piperidine rings is 1. The average molecular weight is 432 g/mol. The fraction of sp³-hybridized carbons (Fsp3) is 0.500. The lowest BCUT2D eigenvalue weighted by Gasteiger charge is -2.34. The minimum Gasteiger partial charge on any atom is -0.339 e. The molecule has 168 valence electrons. The second-order valence-electron chi connectivity index (χ2n) is 9.47. The number of rotatable bonds is 5. The van der Waals surface area contributed by atoms with E-state index in [0.717, 1.165) is 62.1 Å². The van der Waals surface area contributed by atoms with Crippen LogP contribution in [-0.2, 0) is 6.54 Å². The molecule has 5 rings (SSSR count). The number of likely N-dealkylation sites (tertiary alicyclic amines) is 1. The van der Waals surface area contributed by atoms with Gasteiger partial charge in [0.15, 0.2) is 0 Å². The van der Waals surface area contributed by atoms with Crippen molar-refractivity contribution in [1.82, 2.24) is 25.0 Å². The van der Waals surface area contributed by atoms with E-state index >= 15 is 0 Å². The monoisotopic (exact) mass is 431 g/mol. The van der Waals surface area contributed by atoms with Gasteiger partial charge in [0.2, 0.25) is 0 Å². The Labute approximate surface area is 190 Å². The molecule has 1 amide bonds. The van der Waals surface area contributed by atoms with Crippen molar-refractivity contribution in [2.45, 2.75) is 63.5 Å². The molecule has 1 N–H and O–H groups in total.